The van der Waals surface area contributed by atoms with Crippen LogP contribution >= 0.6 is 0 Å². The molecular weight excluding hydrogens is 248 g/mol. The van der Waals surface area contributed by atoms with Crippen molar-refractivity contribution in [3.63, 3.8) is 0 Å². The van der Waals surface area contributed by atoms with Gasteiger partial charge in [0.15, 0.2) is 5.78 Å². The standard InChI is InChI=1S/C18H24O2/c19-18(12-9-14-5-2-1-3-6-14)15-7-4-8-17(13-15)20-16-10-11-16/h4,7-8,13-14,16H,1-3,5-6,9-12H2. The normalized spacial score (nSPS) is 19.8. The van der Waals surface area contributed by atoms with Gasteiger partial charge in [-0.1, -0.05) is 44.2 Å². The van der Waals surface area contributed by atoms with E-state index in [2.05, 4.69) is 0 Å². The molecule has 0 radical (unpaired) electrons. The van der Waals surface area contributed by atoms with Gasteiger partial charge in [-0.25, -0.2) is 0 Å². The summed E-state index contributed by atoms with van der Waals surface area (Å²) in [6.07, 6.45) is 11.2. The van der Waals surface area contributed by atoms with Crippen molar-refractivity contribution in [1.29, 1.82) is 0 Å². The van der Waals surface area contributed by atoms with E-state index in [0.717, 1.165) is 36.5 Å². The maximum atomic E-state index is 12.3. The minimum atomic E-state index is 0.275. The lowest BCUT2D eigenvalue weighted by molar-refractivity contribution is 0.0969. The van der Waals surface area contributed by atoms with Gasteiger partial charge in [0, 0.05) is 12.0 Å². The van der Waals surface area contributed by atoms with Crippen LogP contribution in [-0.2, 0) is 0 Å². The fourth-order valence-electron chi connectivity index (χ4n) is 3.08. The number of benzene rings is 1. The third-order valence-corrected chi connectivity index (χ3v) is 4.49. The quantitative estimate of drug-likeness (QED) is 0.697. The summed E-state index contributed by atoms with van der Waals surface area (Å²) in [7, 11) is 0. The molecule has 0 heterocycles. The summed E-state index contributed by atoms with van der Waals surface area (Å²) in [5.74, 6) is 1.91. The molecule has 0 bridgehead atoms. The highest BCUT2D eigenvalue weighted by Gasteiger charge is 2.23. The van der Waals surface area contributed by atoms with Crippen LogP contribution in [0.5, 0.6) is 5.75 Å². The SMILES string of the molecule is O=C(CCC1CCCCC1)c1cccc(OC2CC2)c1. The summed E-state index contributed by atoms with van der Waals surface area (Å²) in [5, 5.41) is 0. The first-order valence-corrected chi connectivity index (χ1v) is 8.11. The van der Waals surface area contributed by atoms with Gasteiger partial charge in [-0.15, -0.1) is 0 Å². The van der Waals surface area contributed by atoms with Crippen molar-refractivity contribution in [2.75, 3.05) is 0 Å². The number of carbonyl (C=O) groups is 1. The molecular formula is C18H24O2. The fraction of sp³-hybridized carbons (Fsp3) is 0.611. The molecule has 1 aromatic carbocycles. The number of carbonyl (C=O) groups excluding carboxylic acids is 1. The van der Waals surface area contributed by atoms with E-state index in [1.54, 1.807) is 0 Å². The van der Waals surface area contributed by atoms with Crippen LogP contribution in [0, 0.1) is 5.92 Å². The highest BCUT2D eigenvalue weighted by Crippen LogP contribution is 2.29. The maximum Gasteiger partial charge on any atom is 0.163 e. The zero-order valence-electron chi connectivity index (χ0n) is 12.1. The summed E-state index contributed by atoms with van der Waals surface area (Å²) < 4.78 is 5.76. The average Bonchev–Trinajstić information content (AvgIpc) is 3.30. The predicted octanol–water partition coefficient (Wildman–Crippen LogP) is 4.77. The van der Waals surface area contributed by atoms with Gasteiger partial charge in [0.1, 0.15) is 5.75 Å². The molecule has 0 unspecified atom stereocenters. The Kier molecular flexibility index (Phi) is 4.39. The van der Waals surface area contributed by atoms with Crippen LogP contribution in [0.1, 0.15) is 68.1 Å². The van der Waals surface area contributed by atoms with Crippen LogP contribution in [0.3, 0.4) is 0 Å². The van der Waals surface area contributed by atoms with Gasteiger partial charge in [-0.05, 0) is 37.3 Å². The number of hydrogen-bond acceptors (Lipinski definition) is 2. The molecule has 2 aliphatic rings. The van der Waals surface area contributed by atoms with Crippen LogP contribution in [0.25, 0.3) is 0 Å². The number of hydrogen-bond donors (Lipinski definition) is 0. The molecule has 0 N–H and O–H groups in total. The Morgan fingerprint density at radius 3 is 2.65 bits per heavy atom. The zero-order chi connectivity index (χ0) is 13.8. The summed E-state index contributed by atoms with van der Waals surface area (Å²) >= 11 is 0. The first-order chi connectivity index (χ1) is 9.81. The zero-order valence-corrected chi connectivity index (χ0v) is 12.1. The molecule has 2 aliphatic carbocycles. The van der Waals surface area contributed by atoms with Crippen LogP contribution in [0.2, 0.25) is 0 Å². The molecule has 0 amide bonds. The van der Waals surface area contributed by atoms with Gasteiger partial charge in [0.2, 0.25) is 0 Å². The van der Waals surface area contributed by atoms with E-state index >= 15 is 0 Å². The Hall–Kier alpha value is -1.31. The number of ketones is 1. The van der Waals surface area contributed by atoms with E-state index in [9.17, 15) is 4.79 Å². The topological polar surface area (TPSA) is 26.3 Å². The highest BCUT2D eigenvalue weighted by atomic mass is 16.5. The molecule has 2 nitrogen and oxygen atoms in total. The van der Waals surface area contributed by atoms with Crippen LogP contribution in [-0.4, -0.2) is 11.9 Å². The lowest BCUT2D eigenvalue weighted by atomic mass is 9.85. The van der Waals surface area contributed by atoms with Crippen LogP contribution in [0.15, 0.2) is 24.3 Å². The van der Waals surface area contributed by atoms with Crippen molar-refractivity contribution in [1.82, 2.24) is 0 Å². The largest absolute Gasteiger partial charge is 0.490 e. The van der Waals surface area contributed by atoms with E-state index in [0.29, 0.717) is 12.5 Å². The van der Waals surface area contributed by atoms with Gasteiger partial charge < -0.3 is 4.74 Å². The van der Waals surface area contributed by atoms with Gasteiger partial charge in [0.25, 0.3) is 0 Å². The molecule has 1 aromatic rings. The molecule has 0 aliphatic heterocycles. The van der Waals surface area contributed by atoms with E-state index in [-0.39, 0.29) is 5.78 Å². The van der Waals surface area contributed by atoms with Crippen LogP contribution < -0.4 is 4.74 Å². The predicted molar refractivity (Wildman–Crippen MR) is 80.2 cm³/mol. The van der Waals surface area contributed by atoms with Crippen molar-refractivity contribution in [2.45, 2.75) is 63.9 Å². The van der Waals surface area contributed by atoms with Gasteiger partial charge in [-0.2, -0.15) is 0 Å². The molecule has 2 saturated carbocycles. The Morgan fingerprint density at radius 1 is 1.10 bits per heavy atom. The Balaban J connectivity index is 1.52. The van der Waals surface area contributed by atoms with Crippen LogP contribution in [0.4, 0.5) is 0 Å². The number of Topliss-reactive ketones (excluding diaryl/α,β-unsaturated/α-hetero) is 1. The van der Waals surface area contributed by atoms with E-state index in [1.807, 2.05) is 24.3 Å². The Bertz CT molecular complexity index is 456. The summed E-state index contributed by atoms with van der Waals surface area (Å²) in [6.45, 7) is 0. The second-order valence-electron chi connectivity index (χ2n) is 6.31. The van der Waals surface area contributed by atoms with Crippen molar-refractivity contribution < 1.29 is 9.53 Å². The van der Waals surface area contributed by atoms with Gasteiger partial charge >= 0.3 is 0 Å². The van der Waals surface area contributed by atoms with Crippen molar-refractivity contribution >= 4 is 5.78 Å². The Morgan fingerprint density at radius 2 is 1.90 bits per heavy atom. The summed E-state index contributed by atoms with van der Waals surface area (Å²) in [6, 6.07) is 7.73. The smallest absolute Gasteiger partial charge is 0.163 e. The molecule has 0 atom stereocenters. The number of rotatable bonds is 6. The third kappa shape index (κ3) is 3.84. The molecule has 2 fully saturated rings. The third-order valence-electron chi connectivity index (χ3n) is 4.49. The summed E-state index contributed by atoms with van der Waals surface area (Å²) in [5.41, 5.74) is 0.818. The fourth-order valence-corrected chi connectivity index (χ4v) is 3.08. The molecule has 108 valence electrons. The van der Waals surface area contributed by atoms with Gasteiger partial charge in [0.05, 0.1) is 6.10 Å². The molecule has 0 aromatic heterocycles. The Labute approximate surface area is 121 Å². The van der Waals surface area contributed by atoms with Gasteiger partial charge in [-0.3, -0.25) is 4.79 Å². The van der Waals surface area contributed by atoms with Crippen molar-refractivity contribution in [2.24, 2.45) is 5.92 Å². The lowest BCUT2D eigenvalue weighted by Gasteiger charge is -2.20. The molecule has 2 heteroatoms. The minimum Gasteiger partial charge on any atom is -0.490 e. The lowest BCUT2D eigenvalue weighted by Crippen LogP contribution is -2.09. The van der Waals surface area contributed by atoms with E-state index in [4.69, 9.17) is 4.74 Å². The van der Waals surface area contributed by atoms with E-state index in [1.165, 1.54) is 32.1 Å². The monoisotopic (exact) mass is 272 g/mol. The first-order valence-electron chi connectivity index (χ1n) is 8.11. The number of ether oxygens (including phenoxy) is 1. The molecule has 0 spiro atoms. The second-order valence-corrected chi connectivity index (χ2v) is 6.31. The average molecular weight is 272 g/mol. The highest BCUT2D eigenvalue weighted by molar-refractivity contribution is 5.96. The van der Waals surface area contributed by atoms with Crippen molar-refractivity contribution in [3.8, 4) is 5.75 Å². The first kappa shape index (κ1) is 13.7. The molecule has 3 rings (SSSR count). The minimum absolute atomic E-state index is 0.275. The van der Waals surface area contributed by atoms with E-state index < -0.39 is 0 Å². The molecule has 20 heavy (non-hydrogen) atoms. The molecule has 0 saturated heterocycles. The second kappa shape index (κ2) is 6.43. The summed E-state index contributed by atoms with van der Waals surface area (Å²) in [4.78, 5) is 12.3. The van der Waals surface area contributed by atoms with Crippen molar-refractivity contribution in [3.05, 3.63) is 29.8 Å². The maximum absolute atomic E-state index is 12.3.